The van der Waals surface area contributed by atoms with Crippen molar-refractivity contribution in [2.24, 2.45) is 0 Å². The van der Waals surface area contributed by atoms with Crippen molar-refractivity contribution in [3.63, 3.8) is 0 Å². The van der Waals surface area contributed by atoms with E-state index in [0.717, 1.165) is 17.0 Å². The molecule has 1 aliphatic heterocycles. The molecule has 1 atom stereocenters. The second-order valence-electron chi connectivity index (χ2n) is 5.35. The van der Waals surface area contributed by atoms with Gasteiger partial charge in [-0.25, -0.2) is 4.98 Å². The van der Waals surface area contributed by atoms with Crippen LogP contribution in [0.25, 0.3) is 11.3 Å². The minimum Gasteiger partial charge on any atom is -0.493 e. The Morgan fingerprint density at radius 2 is 2.22 bits per heavy atom. The monoisotopic (exact) mass is 314 g/mol. The van der Waals surface area contributed by atoms with Gasteiger partial charge in [-0.2, -0.15) is 0 Å². The Bertz CT molecular complexity index is 683. The van der Waals surface area contributed by atoms with Crippen LogP contribution in [0.5, 0.6) is 11.5 Å². The van der Waals surface area contributed by atoms with Crippen LogP contribution in [0.15, 0.2) is 30.6 Å². The summed E-state index contributed by atoms with van der Waals surface area (Å²) in [5.74, 6) is 1.44. The number of hydrogen-bond donors (Lipinski definition) is 1. The summed E-state index contributed by atoms with van der Waals surface area (Å²) in [6, 6.07) is 5.68. The average Bonchev–Trinajstić information content (AvgIpc) is 3.02. The largest absolute Gasteiger partial charge is 0.493 e. The lowest BCUT2D eigenvalue weighted by atomic mass is 9.81. The number of aromatic nitrogens is 2. The summed E-state index contributed by atoms with van der Waals surface area (Å²) in [5.41, 5.74) is 2.49. The first-order valence-corrected chi connectivity index (χ1v) is 7.64. The summed E-state index contributed by atoms with van der Waals surface area (Å²) in [6.45, 7) is 2.95. The summed E-state index contributed by atoms with van der Waals surface area (Å²) in [7, 11) is 0.902. The molecule has 23 heavy (non-hydrogen) atoms. The van der Waals surface area contributed by atoms with Crippen molar-refractivity contribution in [1.29, 1.82) is 0 Å². The maximum absolute atomic E-state index is 9.50. The Morgan fingerprint density at radius 1 is 1.35 bits per heavy atom. The van der Waals surface area contributed by atoms with E-state index in [4.69, 9.17) is 14.1 Å². The lowest BCUT2D eigenvalue weighted by molar-refractivity contribution is 0.291. The van der Waals surface area contributed by atoms with Gasteiger partial charge in [0.25, 0.3) is 0 Å². The van der Waals surface area contributed by atoms with Gasteiger partial charge in [-0.3, -0.25) is 4.98 Å². The Morgan fingerprint density at radius 3 is 2.91 bits per heavy atom. The molecule has 2 heterocycles. The van der Waals surface area contributed by atoms with Gasteiger partial charge in [0.05, 0.1) is 31.3 Å². The Kier molecular flexibility index (Phi) is 4.78. The standard InChI is InChI=1S/C16H19BN2O4/c1-3-22-16-6-11(4-5-15(16)21-2)13-8-18-9-14(19-13)12-7-17(20)23-10-12/h4-6,8-9,12,20H,3,7,10H2,1-2H3. The van der Waals surface area contributed by atoms with E-state index in [1.54, 1.807) is 19.5 Å². The van der Waals surface area contributed by atoms with Crippen LogP contribution < -0.4 is 9.47 Å². The first-order chi connectivity index (χ1) is 11.2. The quantitative estimate of drug-likeness (QED) is 0.853. The zero-order valence-electron chi connectivity index (χ0n) is 13.2. The number of benzene rings is 1. The van der Waals surface area contributed by atoms with Crippen LogP contribution in [-0.2, 0) is 4.65 Å². The molecule has 1 unspecified atom stereocenters. The third kappa shape index (κ3) is 3.46. The van der Waals surface area contributed by atoms with Crippen molar-refractivity contribution in [2.45, 2.75) is 19.2 Å². The molecule has 1 saturated heterocycles. The molecule has 3 rings (SSSR count). The van der Waals surface area contributed by atoms with Crippen LogP contribution in [0.2, 0.25) is 6.32 Å². The summed E-state index contributed by atoms with van der Waals surface area (Å²) in [6.07, 6.45) is 3.99. The highest BCUT2D eigenvalue weighted by molar-refractivity contribution is 6.43. The van der Waals surface area contributed by atoms with E-state index in [1.807, 2.05) is 25.1 Å². The SMILES string of the molecule is CCOc1cc(-c2cncc(C3COB(O)C3)n2)ccc1OC. The van der Waals surface area contributed by atoms with Crippen molar-refractivity contribution < 1.29 is 19.2 Å². The molecule has 0 amide bonds. The minimum absolute atomic E-state index is 0.0714. The van der Waals surface area contributed by atoms with Crippen LogP contribution in [0, 0.1) is 0 Å². The van der Waals surface area contributed by atoms with Gasteiger partial charge in [0.15, 0.2) is 11.5 Å². The predicted molar refractivity (Wildman–Crippen MR) is 86.7 cm³/mol. The van der Waals surface area contributed by atoms with Gasteiger partial charge in [-0.1, -0.05) is 0 Å². The predicted octanol–water partition coefficient (Wildman–Crippen LogP) is 2.15. The molecule has 1 aromatic heterocycles. The normalized spacial score (nSPS) is 17.3. The number of methoxy groups -OCH3 is 1. The molecule has 2 aromatic rings. The van der Waals surface area contributed by atoms with Gasteiger partial charge in [-0.15, -0.1) is 0 Å². The molecule has 0 radical (unpaired) electrons. The molecule has 0 spiro atoms. The smallest absolute Gasteiger partial charge is 0.454 e. The highest BCUT2D eigenvalue weighted by Crippen LogP contribution is 2.33. The van der Waals surface area contributed by atoms with Gasteiger partial charge in [0.2, 0.25) is 0 Å². The van der Waals surface area contributed by atoms with E-state index in [9.17, 15) is 5.02 Å². The van der Waals surface area contributed by atoms with E-state index < -0.39 is 7.12 Å². The Balaban J connectivity index is 1.91. The van der Waals surface area contributed by atoms with Gasteiger partial charge >= 0.3 is 7.12 Å². The molecule has 7 heteroatoms. The Labute approximate surface area is 135 Å². The molecule has 120 valence electrons. The molecule has 1 aliphatic rings. The average molecular weight is 314 g/mol. The summed E-state index contributed by atoms with van der Waals surface area (Å²) < 4.78 is 16.1. The van der Waals surface area contributed by atoms with Gasteiger partial charge in [-0.05, 0) is 31.4 Å². The second kappa shape index (κ2) is 6.98. The van der Waals surface area contributed by atoms with E-state index in [0.29, 0.717) is 31.0 Å². The van der Waals surface area contributed by atoms with Gasteiger partial charge < -0.3 is 19.2 Å². The number of nitrogens with zero attached hydrogens (tertiary/aromatic N) is 2. The van der Waals surface area contributed by atoms with Crippen LogP contribution in [0.1, 0.15) is 18.5 Å². The highest BCUT2D eigenvalue weighted by atomic mass is 16.5. The van der Waals surface area contributed by atoms with Crippen molar-refractivity contribution in [3.05, 3.63) is 36.3 Å². The van der Waals surface area contributed by atoms with E-state index in [2.05, 4.69) is 9.97 Å². The van der Waals surface area contributed by atoms with E-state index in [-0.39, 0.29) is 5.92 Å². The fraction of sp³-hybridized carbons (Fsp3) is 0.375. The highest BCUT2D eigenvalue weighted by Gasteiger charge is 2.30. The first kappa shape index (κ1) is 15.8. The molecule has 1 fully saturated rings. The Hall–Kier alpha value is -2.12. The maximum Gasteiger partial charge on any atom is 0.454 e. The van der Waals surface area contributed by atoms with Crippen LogP contribution >= 0.6 is 0 Å². The fourth-order valence-electron chi connectivity index (χ4n) is 2.63. The van der Waals surface area contributed by atoms with E-state index in [1.165, 1.54) is 0 Å². The second-order valence-corrected chi connectivity index (χ2v) is 5.35. The summed E-state index contributed by atoms with van der Waals surface area (Å²) in [4.78, 5) is 8.94. The molecule has 1 N–H and O–H groups in total. The fourth-order valence-corrected chi connectivity index (χ4v) is 2.63. The lowest BCUT2D eigenvalue weighted by Crippen LogP contribution is -2.08. The molecule has 0 bridgehead atoms. The number of rotatable bonds is 5. The van der Waals surface area contributed by atoms with Crippen molar-refractivity contribution in [2.75, 3.05) is 20.3 Å². The topological polar surface area (TPSA) is 73.7 Å². The van der Waals surface area contributed by atoms with Crippen LogP contribution in [0.4, 0.5) is 0 Å². The number of hydrogen-bond acceptors (Lipinski definition) is 6. The summed E-state index contributed by atoms with van der Waals surface area (Å²) in [5, 5.41) is 9.50. The van der Waals surface area contributed by atoms with E-state index >= 15 is 0 Å². The third-order valence-corrected chi connectivity index (χ3v) is 3.81. The van der Waals surface area contributed by atoms with Crippen molar-refractivity contribution in [1.82, 2.24) is 9.97 Å². The first-order valence-electron chi connectivity index (χ1n) is 7.64. The molecule has 0 aliphatic carbocycles. The van der Waals surface area contributed by atoms with Gasteiger partial charge in [0, 0.05) is 24.3 Å². The zero-order valence-corrected chi connectivity index (χ0v) is 13.2. The molecule has 0 saturated carbocycles. The zero-order chi connectivity index (χ0) is 16.2. The molecule has 1 aromatic carbocycles. The minimum atomic E-state index is -0.712. The van der Waals surface area contributed by atoms with Gasteiger partial charge in [0.1, 0.15) is 0 Å². The van der Waals surface area contributed by atoms with Crippen LogP contribution in [-0.4, -0.2) is 42.4 Å². The molecular weight excluding hydrogens is 295 g/mol. The third-order valence-electron chi connectivity index (χ3n) is 3.81. The number of ether oxygens (including phenoxy) is 2. The summed E-state index contributed by atoms with van der Waals surface area (Å²) >= 11 is 0. The molecular formula is C16H19BN2O4. The van der Waals surface area contributed by atoms with Crippen molar-refractivity contribution in [3.8, 4) is 22.8 Å². The lowest BCUT2D eigenvalue weighted by Gasteiger charge is -2.12. The maximum atomic E-state index is 9.50. The molecule has 6 nitrogen and oxygen atoms in total. The van der Waals surface area contributed by atoms with Crippen LogP contribution in [0.3, 0.4) is 0 Å². The van der Waals surface area contributed by atoms with Crippen molar-refractivity contribution >= 4 is 7.12 Å².